The SMILES string of the molecule is O=C(c1cc([N+](=O)[O-])ccc1Cl)N1CCN(c2ccccc2Cl)CC1. The Balaban J connectivity index is 1.73. The van der Waals surface area contributed by atoms with Crippen molar-refractivity contribution in [1.29, 1.82) is 0 Å². The Hall–Kier alpha value is -2.31. The summed E-state index contributed by atoms with van der Waals surface area (Å²) in [6.45, 7) is 2.23. The zero-order valence-corrected chi connectivity index (χ0v) is 14.7. The van der Waals surface area contributed by atoms with Crippen LogP contribution in [0, 0.1) is 10.1 Å². The Morgan fingerprint density at radius 3 is 2.32 bits per heavy atom. The maximum Gasteiger partial charge on any atom is 0.270 e. The number of carbonyl (C=O) groups is 1. The number of benzene rings is 2. The van der Waals surface area contributed by atoms with E-state index in [4.69, 9.17) is 23.2 Å². The molecule has 0 spiro atoms. The van der Waals surface area contributed by atoms with Crippen LogP contribution in [0.1, 0.15) is 10.4 Å². The molecule has 2 aromatic carbocycles. The third kappa shape index (κ3) is 3.70. The number of anilines is 1. The molecule has 1 aliphatic rings. The summed E-state index contributed by atoms with van der Waals surface area (Å²) in [6.07, 6.45) is 0. The van der Waals surface area contributed by atoms with Crippen molar-refractivity contribution in [3.63, 3.8) is 0 Å². The lowest BCUT2D eigenvalue weighted by molar-refractivity contribution is -0.384. The smallest absolute Gasteiger partial charge is 0.270 e. The van der Waals surface area contributed by atoms with Crippen molar-refractivity contribution in [3.05, 3.63) is 68.2 Å². The molecule has 1 fully saturated rings. The molecule has 25 heavy (non-hydrogen) atoms. The lowest BCUT2D eigenvalue weighted by atomic mass is 10.1. The van der Waals surface area contributed by atoms with Crippen LogP contribution in [0.2, 0.25) is 10.0 Å². The highest BCUT2D eigenvalue weighted by atomic mass is 35.5. The molecule has 1 aliphatic heterocycles. The minimum absolute atomic E-state index is 0.151. The Labute approximate surface area is 154 Å². The number of rotatable bonds is 3. The highest BCUT2D eigenvalue weighted by molar-refractivity contribution is 6.34. The van der Waals surface area contributed by atoms with E-state index in [2.05, 4.69) is 4.90 Å². The summed E-state index contributed by atoms with van der Waals surface area (Å²) in [6, 6.07) is 11.5. The highest BCUT2D eigenvalue weighted by Crippen LogP contribution is 2.27. The first kappa shape index (κ1) is 17.5. The zero-order valence-electron chi connectivity index (χ0n) is 13.2. The molecule has 130 valence electrons. The van der Waals surface area contributed by atoms with Gasteiger partial charge in [-0.2, -0.15) is 0 Å². The molecule has 0 saturated carbocycles. The van der Waals surface area contributed by atoms with Crippen molar-refractivity contribution in [2.24, 2.45) is 0 Å². The van der Waals surface area contributed by atoms with Crippen LogP contribution in [0.5, 0.6) is 0 Å². The van der Waals surface area contributed by atoms with Gasteiger partial charge in [0.05, 0.1) is 26.2 Å². The maximum absolute atomic E-state index is 12.7. The van der Waals surface area contributed by atoms with Crippen molar-refractivity contribution in [2.75, 3.05) is 31.1 Å². The molecule has 0 atom stereocenters. The third-order valence-electron chi connectivity index (χ3n) is 4.15. The quantitative estimate of drug-likeness (QED) is 0.599. The van der Waals surface area contributed by atoms with Gasteiger partial charge in [0.2, 0.25) is 0 Å². The molecule has 0 aromatic heterocycles. The van der Waals surface area contributed by atoms with Gasteiger partial charge in [0, 0.05) is 38.3 Å². The summed E-state index contributed by atoms with van der Waals surface area (Å²) in [7, 11) is 0. The van der Waals surface area contributed by atoms with E-state index in [-0.39, 0.29) is 22.2 Å². The van der Waals surface area contributed by atoms with Crippen molar-refractivity contribution in [1.82, 2.24) is 4.90 Å². The lowest BCUT2D eigenvalue weighted by Gasteiger charge is -2.36. The number of halogens is 2. The van der Waals surface area contributed by atoms with Gasteiger partial charge in [0.25, 0.3) is 11.6 Å². The summed E-state index contributed by atoms with van der Waals surface area (Å²) >= 11 is 12.3. The van der Waals surface area contributed by atoms with Gasteiger partial charge < -0.3 is 9.80 Å². The first-order chi connectivity index (χ1) is 12.0. The zero-order chi connectivity index (χ0) is 18.0. The van der Waals surface area contributed by atoms with Crippen LogP contribution in [0.15, 0.2) is 42.5 Å². The summed E-state index contributed by atoms with van der Waals surface area (Å²) in [5.74, 6) is -0.299. The van der Waals surface area contributed by atoms with Crippen molar-refractivity contribution < 1.29 is 9.72 Å². The Morgan fingerprint density at radius 2 is 1.68 bits per heavy atom. The molecule has 2 aromatic rings. The fourth-order valence-corrected chi connectivity index (χ4v) is 3.27. The second-order valence-corrected chi connectivity index (χ2v) is 6.47. The number of hydrogen-bond acceptors (Lipinski definition) is 4. The van der Waals surface area contributed by atoms with E-state index in [0.29, 0.717) is 31.2 Å². The van der Waals surface area contributed by atoms with Crippen LogP contribution < -0.4 is 4.90 Å². The van der Waals surface area contributed by atoms with E-state index >= 15 is 0 Å². The van der Waals surface area contributed by atoms with Gasteiger partial charge in [0.1, 0.15) is 0 Å². The Morgan fingerprint density at radius 1 is 1.00 bits per heavy atom. The fourth-order valence-electron chi connectivity index (χ4n) is 2.82. The average molecular weight is 380 g/mol. The molecule has 1 heterocycles. The van der Waals surface area contributed by atoms with Crippen LogP contribution in [0.25, 0.3) is 0 Å². The van der Waals surface area contributed by atoms with Gasteiger partial charge in [-0.05, 0) is 18.2 Å². The second kappa shape index (κ2) is 7.29. The number of nitro benzene ring substituents is 1. The molecular weight excluding hydrogens is 365 g/mol. The van der Waals surface area contributed by atoms with E-state index in [1.165, 1.54) is 18.2 Å². The second-order valence-electron chi connectivity index (χ2n) is 5.65. The summed E-state index contributed by atoms with van der Waals surface area (Å²) in [5, 5.41) is 11.8. The van der Waals surface area contributed by atoms with E-state index in [1.54, 1.807) is 4.90 Å². The fraction of sp³-hybridized carbons (Fsp3) is 0.235. The van der Waals surface area contributed by atoms with E-state index < -0.39 is 4.92 Å². The van der Waals surface area contributed by atoms with E-state index in [0.717, 1.165) is 5.69 Å². The van der Waals surface area contributed by atoms with E-state index in [1.807, 2.05) is 24.3 Å². The topological polar surface area (TPSA) is 66.7 Å². The molecule has 0 radical (unpaired) electrons. The highest BCUT2D eigenvalue weighted by Gasteiger charge is 2.25. The van der Waals surface area contributed by atoms with E-state index in [9.17, 15) is 14.9 Å². The van der Waals surface area contributed by atoms with Crippen molar-refractivity contribution in [3.8, 4) is 0 Å². The van der Waals surface area contributed by atoms with Gasteiger partial charge in [0.15, 0.2) is 0 Å². The van der Waals surface area contributed by atoms with Crippen LogP contribution in [0.3, 0.4) is 0 Å². The Kier molecular flexibility index (Phi) is 5.11. The minimum atomic E-state index is -0.539. The number of piperazine rings is 1. The molecule has 0 unspecified atom stereocenters. The normalized spacial score (nSPS) is 14.5. The van der Waals surface area contributed by atoms with Crippen molar-refractivity contribution in [2.45, 2.75) is 0 Å². The summed E-state index contributed by atoms with van der Waals surface area (Å²) < 4.78 is 0. The number of para-hydroxylation sites is 1. The molecule has 8 heteroatoms. The number of hydrogen-bond donors (Lipinski definition) is 0. The molecule has 1 saturated heterocycles. The van der Waals surface area contributed by atoms with Gasteiger partial charge in [-0.3, -0.25) is 14.9 Å². The molecule has 6 nitrogen and oxygen atoms in total. The number of carbonyl (C=O) groups excluding carboxylic acids is 1. The lowest BCUT2D eigenvalue weighted by Crippen LogP contribution is -2.49. The number of amides is 1. The Bertz CT molecular complexity index is 821. The molecule has 1 amide bonds. The molecule has 0 bridgehead atoms. The molecule has 3 rings (SSSR count). The van der Waals surface area contributed by atoms with Crippen LogP contribution >= 0.6 is 23.2 Å². The minimum Gasteiger partial charge on any atom is -0.367 e. The summed E-state index contributed by atoms with van der Waals surface area (Å²) in [4.78, 5) is 26.8. The first-order valence-corrected chi connectivity index (χ1v) is 8.45. The number of non-ortho nitro benzene ring substituents is 1. The largest absolute Gasteiger partial charge is 0.367 e. The number of nitrogens with zero attached hydrogens (tertiary/aromatic N) is 3. The van der Waals surface area contributed by atoms with Crippen LogP contribution in [-0.2, 0) is 0 Å². The predicted octanol–water partition coefficient (Wildman–Crippen LogP) is 3.86. The monoisotopic (exact) mass is 379 g/mol. The maximum atomic E-state index is 12.7. The molecular formula is C17H15Cl2N3O3. The first-order valence-electron chi connectivity index (χ1n) is 7.70. The third-order valence-corrected chi connectivity index (χ3v) is 4.80. The van der Waals surface area contributed by atoms with Crippen LogP contribution in [0.4, 0.5) is 11.4 Å². The van der Waals surface area contributed by atoms with Gasteiger partial charge >= 0.3 is 0 Å². The van der Waals surface area contributed by atoms with Gasteiger partial charge in [-0.25, -0.2) is 0 Å². The summed E-state index contributed by atoms with van der Waals surface area (Å²) in [5.41, 5.74) is 0.939. The van der Waals surface area contributed by atoms with Gasteiger partial charge in [-0.1, -0.05) is 35.3 Å². The van der Waals surface area contributed by atoms with Crippen molar-refractivity contribution >= 4 is 40.5 Å². The average Bonchev–Trinajstić information content (AvgIpc) is 2.62. The molecule has 0 N–H and O–H groups in total. The van der Waals surface area contributed by atoms with Gasteiger partial charge in [-0.15, -0.1) is 0 Å². The van der Waals surface area contributed by atoms with Crippen LogP contribution in [-0.4, -0.2) is 41.9 Å². The predicted molar refractivity (Wildman–Crippen MR) is 97.7 cm³/mol. The standard InChI is InChI=1S/C17H15Cl2N3O3/c18-14-6-5-12(22(24)25)11-13(14)17(23)21-9-7-20(8-10-21)16-4-2-1-3-15(16)19/h1-6,11H,7-10H2. The number of nitro groups is 1. The molecule has 0 aliphatic carbocycles.